The molecule has 0 spiro atoms. The molecule has 3 aliphatic rings. The van der Waals surface area contributed by atoms with Crippen molar-refractivity contribution < 1.29 is 18.7 Å². The summed E-state index contributed by atoms with van der Waals surface area (Å²) in [6, 6.07) is 1.32. The van der Waals surface area contributed by atoms with E-state index in [0.29, 0.717) is 28.2 Å². The molecule has 0 saturated heterocycles. The van der Waals surface area contributed by atoms with Gasteiger partial charge in [0.1, 0.15) is 23.1 Å². The average Bonchev–Trinajstić information content (AvgIpc) is 3.39. The Morgan fingerprint density at radius 2 is 1.94 bits per heavy atom. The molecule has 0 aromatic carbocycles. The molecule has 4 aromatic rings. The minimum absolute atomic E-state index is 0.0447. The van der Waals surface area contributed by atoms with Crippen LogP contribution in [0.25, 0.3) is 28.1 Å². The minimum atomic E-state index is -0.912. The number of hydrogen-bond donors (Lipinski definition) is 2. The Kier molecular flexibility index (Phi) is 3.74. The fourth-order valence-electron chi connectivity index (χ4n) is 5.14. The number of carboxylic acid groups (broad SMARTS) is 1. The smallest absolute Gasteiger partial charge is 0.307 e. The zero-order valence-electron chi connectivity index (χ0n) is 16.0. The lowest BCUT2D eigenvalue weighted by Gasteiger charge is -2.42. The van der Waals surface area contributed by atoms with Crippen LogP contribution >= 0.6 is 0 Å². The number of nitrogens with zero attached hydrogens (tertiary/aromatic N) is 5. The highest BCUT2D eigenvalue weighted by Gasteiger charge is 2.47. The predicted molar refractivity (Wildman–Crippen MR) is 105 cm³/mol. The topological polar surface area (TPSA) is 109 Å². The summed E-state index contributed by atoms with van der Waals surface area (Å²) in [5, 5.41) is 18.7. The number of fused-ring (bicyclic) bond motifs is 4. The maximum Gasteiger partial charge on any atom is 0.307 e. The third-order valence-electron chi connectivity index (χ3n) is 6.48. The molecule has 7 rings (SSSR count). The molecular weight excluding hydrogens is 406 g/mol. The number of allylic oxidation sites excluding steroid dienone is 2. The first-order valence-electron chi connectivity index (χ1n) is 9.96. The lowest BCUT2D eigenvalue weighted by atomic mass is 9.62. The zero-order chi connectivity index (χ0) is 21.3. The molecule has 4 atom stereocenters. The van der Waals surface area contributed by atoms with Crippen molar-refractivity contribution in [2.75, 3.05) is 0 Å². The summed E-state index contributed by atoms with van der Waals surface area (Å²) in [4.78, 5) is 23.4. The van der Waals surface area contributed by atoms with Crippen LogP contribution in [0.15, 0.2) is 36.8 Å². The summed E-state index contributed by atoms with van der Waals surface area (Å²) in [6.07, 6.45) is 9.35. The van der Waals surface area contributed by atoms with Gasteiger partial charge < -0.3 is 10.1 Å². The Labute approximate surface area is 173 Å². The second-order valence-corrected chi connectivity index (χ2v) is 8.08. The molecule has 2 unspecified atom stereocenters. The Hall–Kier alpha value is -3.69. The van der Waals surface area contributed by atoms with Gasteiger partial charge in [-0.3, -0.25) is 9.20 Å². The Morgan fingerprint density at radius 3 is 2.71 bits per heavy atom. The second-order valence-electron chi connectivity index (χ2n) is 8.08. The number of carboxylic acids is 1. The van der Waals surface area contributed by atoms with Crippen LogP contribution in [0.4, 0.5) is 8.78 Å². The van der Waals surface area contributed by atoms with Crippen molar-refractivity contribution >= 4 is 22.6 Å². The summed E-state index contributed by atoms with van der Waals surface area (Å²) in [5.74, 6) is -2.77. The van der Waals surface area contributed by atoms with Crippen molar-refractivity contribution in [3.05, 3.63) is 54.3 Å². The van der Waals surface area contributed by atoms with Gasteiger partial charge in [-0.25, -0.2) is 18.7 Å². The van der Waals surface area contributed by atoms with Gasteiger partial charge in [0.25, 0.3) is 0 Å². The highest BCUT2D eigenvalue weighted by atomic mass is 19.1. The van der Waals surface area contributed by atoms with E-state index in [1.165, 1.54) is 10.5 Å². The molecule has 156 valence electrons. The molecule has 1 saturated carbocycles. The number of H-pyrrole nitrogens is 1. The van der Waals surface area contributed by atoms with Gasteiger partial charge in [0.2, 0.25) is 0 Å². The van der Waals surface area contributed by atoms with Crippen molar-refractivity contribution in [3.63, 3.8) is 0 Å². The monoisotopic (exact) mass is 422 g/mol. The summed E-state index contributed by atoms with van der Waals surface area (Å²) in [7, 11) is 0. The average molecular weight is 422 g/mol. The molecule has 0 aliphatic heterocycles. The fourth-order valence-corrected chi connectivity index (χ4v) is 5.14. The summed E-state index contributed by atoms with van der Waals surface area (Å²) in [6.45, 7) is 0. The molecule has 2 N–H and O–H groups in total. The largest absolute Gasteiger partial charge is 0.481 e. The predicted octanol–water partition coefficient (Wildman–Crippen LogP) is 3.33. The lowest BCUT2D eigenvalue weighted by Crippen LogP contribution is -2.40. The van der Waals surface area contributed by atoms with Crippen LogP contribution in [0.5, 0.6) is 0 Å². The van der Waals surface area contributed by atoms with Gasteiger partial charge in [-0.15, -0.1) is 10.2 Å². The van der Waals surface area contributed by atoms with E-state index in [0.717, 1.165) is 25.2 Å². The molecular formula is C21H16F2N6O2. The first-order valence-corrected chi connectivity index (χ1v) is 9.96. The Balaban J connectivity index is 1.63. The summed E-state index contributed by atoms with van der Waals surface area (Å²) in [5.41, 5.74) is 0.901. The van der Waals surface area contributed by atoms with Crippen molar-refractivity contribution in [1.82, 2.24) is 29.5 Å². The maximum atomic E-state index is 14.6. The summed E-state index contributed by atoms with van der Waals surface area (Å²) < 4.78 is 30.0. The van der Waals surface area contributed by atoms with Gasteiger partial charge >= 0.3 is 5.97 Å². The van der Waals surface area contributed by atoms with Crippen LogP contribution < -0.4 is 0 Å². The number of nitrogens with one attached hydrogen (secondary N) is 1. The second kappa shape index (κ2) is 6.40. The van der Waals surface area contributed by atoms with Crippen molar-refractivity contribution in [3.8, 4) is 11.4 Å². The number of hydrogen-bond acceptors (Lipinski definition) is 5. The standard InChI is InChI=1S/C21H16F2N6O2/c22-11-5-12-13(7-25-17(12)24-6-11)18-26-8-14(23)19-27-28-20(29(18)19)15-9-1-3-10(4-2-9)16(15)21(30)31/h1,3,5-10,15-16H,2,4H2,(H,24,25)(H,30,31)/t9?,10?,15-,16-/m0/s1. The molecule has 4 aromatic heterocycles. The van der Waals surface area contributed by atoms with E-state index in [2.05, 4.69) is 25.1 Å². The van der Waals surface area contributed by atoms with Crippen molar-refractivity contribution in [1.29, 1.82) is 0 Å². The first-order chi connectivity index (χ1) is 15.0. The van der Waals surface area contributed by atoms with E-state index in [9.17, 15) is 18.7 Å². The van der Waals surface area contributed by atoms with Crippen LogP contribution in [0.1, 0.15) is 24.6 Å². The van der Waals surface area contributed by atoms with Crippen LogP contribution in [-0.4, -0.2) is 40.6 Å². The minimum Gasteiger partial charge on any atom is -0.481 e. The first kappa shape index (κ1) is 18.1. The number of rotatable bonds is 3. The quantitative estimate of drug-likeness (QED) is 0.490. The molecule has 10 heteroatoms. The van der Waals surface area contributed by atoms with Gasteiger partial charge in [0.15, 0.2) is 11.5 Å². The lowest BCUT2D eigenvalue weighted by molar-refractivity contribution is -0.146. The molecule has 31 heavy (non-hydrogen) atoms. The molecule has 4 heterocycles. The molecule has 3 aliphatic carbocycles. The number of aliphatic carboxylic acids is 1. The third kappa shape index (κ3) is 2.54. The van der Waals surface area contributed by atoms with Crippen LogP contribution in [0.2, 0.25) is 0 Å². The third-order valence-corrected chi connectivity index (χ3v) is 6.48. The zero-order valence-corrected chi connectivity index (χ0v) is 16.0. The van der Waals surface area contributed by atoms with Crippen LogP contribution in [-0.2, 0) is 4.79 Å². The molecule has 0 amide bonds. The van der Waals surface area contributed by atoms with Crippen LogP contribution in [0.3, 0.4) is 0 Å². The van der Waals surface area contributed by atoms with Gasteiger partial charge in [-0.05, 0) is 30.7 Å². The van der Waals surface area contributed by atoms with Gasteiger partial charge in [-0.2, -0.15) is 0 Å². The van der Waals surface area contributed by atoms with E-state index in [-0.39, 0.29) is 17.5 Å². The molecule has 8 nitrogen and oxygen atoms in total. The van der Waals surface area contributed by atoms with E-state index in [4.69, 9.17) is 0 Å². The fraction of sp³-hybridized carbons (Fsp3) is 0.286. The van der Waals surface area contributed by atoms with Crippen LogP contribution in [0, 0.1) is 29.4 Å². The Morgan fingerprint density at radius 1 is 1.13 bits per heavy atom. The number of pyridine rings is 1. The van der Waals surface area contributed by atoms with Crippen molar-refractivity contribution in [2.45, 2.75) is 18.8 Å². The van der Waals surface area contributed by atoms with Gasteiger partial charge in [0, 0.05) is 23.1 Å². The number of aromatic nitrogens is 6. The van der Waals surface area contributed by atoms with E-state index < -0.39 is 29.4 Å². The highest BCUT2D eigenvalue weighted by Crippen LogP contribution is 2.50. The van der Waals surface area contributed by atoms with Gasteiger partial charge in [-0.1, -0.05) is 12.2 Å². The molecule has 2 bridgehead atoms. The summed E-state index contributed by atoms with van der Waals surface area (Å²) >= 11 is 0. The van der Waals surface area contributed by atoms with Crippen molar-refractivity contribution in [2.24, 2.45) is 17.8 Å². The molecule has 0 radical (unpaired) electrons. The number of carbonyl (C=O) groups is 1. The maximum absolute atomic E-state index is 14.6. The highest BCUT2D eigenvalue weighted by molar-refractivity contribution is 5.92. The van der Waals surface area contributed by atoms with E-state index >= 15 is 0 Å². The van der Waals surface area contributed by atoms with E-state index in [1.807, 2.05) is 12.2 Å². The Bertz CT molecular complexity index is 1390. The normalized spacial score (nSPS) is 25.0. The number of aromatic amines is 1. The van der Waals surface area contributed by atoms with E-state index in [1.54, 1.807) is 6.20 Å². The SMILES string of the molecule is O=C(O)[C@H]1C2C=CC(CC2)[C@@H]1c1nnc2c(F)cnc(-c3c[nH]c4ncc(F)cc34)n12. The molecule has 1 fully saturated rings. The van der Waals surface area contributed by atoms with Gasteiger partial charge in [0.05, 0.1) is 18.3 Å². The number of halogens is 2.